The monoisotopic (exact) mass is 420 g/mol. The maximum atomic E-state index is 13.2. The summed E-state index contributed by atoms with van der Waals surface area (Å²) in [7, 11) is -1.14. The Balaban J connectivity index is 1.49. The zero-order valence-corrected chi connectivity index (χ0v) is 18.8. The van der Waals surface area contributed by atoms with Gasteiger partial charge in [0, 0.05) is 30.5 Å². The fraction of sp³-hybridized carbons (Fsp3) is 0.333. The van der Waals surface area contributed by atoms with E-state index in [2.05, 4.69) is 46.2 Å². The highest BCUT2D eigenvalue weighted by Crippen LogP contribution is 2.44. The first-order valence-electron chi connectivity index (χ1n) is 10.4. The molecule has 1 unspecified atom stereocenters. The lowest BCUT2D eigenvalue weighted by Gasteiger charge is -2.34. The van der Waals surface area contributed by atoms with Gasteiger partial charge in [0.2, 0.25) is 0 Å². The van der Waals surface area contributed by atoms with Crippen molar-refractivity contribution in [2.24, 2.45) is 0 Å². The van der Waals surface area contributed by atoms with Gasteiger partial charge in [-0.2, -0.15) is 0 Å². The summed E-state index contributed by atoms with van der Waals surface area (Å²) >= 11 is 0. The van der Waals surface area contributed by atoms with E-state index >= 15 is 0 Å². The summed E-state index contributed by atoms with van der Waals surface area (Å²) in [5, 5.41) is 3.52. The van der Waals surface area contributed by atoms with Gasteiger partial charge in [0.25, 0.3) is 0 Å². The van der Waals surface area contributed by atoms with Crippen molar-refractivity contribution in [1.82, 2.24) is 15.3 Å². The minimum Gasteiger partial charge on any atom is -0.339 e. The summed E-state index contributed by atoms with van der Waals surface area (Å²) in [5.74, 6) is 0.807. The number of hydrogen-bond acceptors (Lipinski definition) is 5. The van der Waals surface area contributed by atoms with E-state index in [1.807, 2.05) is 44.3 Å². The molecule has 0 bridgehead atoms. The van der Waals surface area contributed by atoms with Crippen molar-refractivity contribution >= 4 is 22.2 Å². The van der Waals surface area contributed by atoms with Gasteiger partial charge in [-0.3, -0.25) is 0 Å². The SMILES string of the molecule is Cc1ncc(CNCCCN2c3ccccc3S(=O)c3ccc(C)c(C)c32)c(C)n1. The molecule has 1 aliphatic heterocycles. The third-order valence-corrected chi connectivity index (χ3v) is 7.22. The second-order valence-electron chi connectivity index (χ2n) is 7.80. The molecule has 1 N–H and O–H groups in total. The van der Waals surface area contributed by atoms with E-state index in [4.69, 9.17) is 0 Å². The van der Waals surface area contributed by atoms with Crippen LogP contribution in [0.5, 0.6) is 0 Å². The lowest BCUT2D eigenvalue weighted by Crippen LogP contribution is -2.28. The summed E-state index contributed by atoms with van der Waals surface area (Å²) < 4.78 is 13.2. The number of hydrogen-bond donors (Lipinski definition) is 1. The van der Waals surface area contributed by atoms with Crippen LogP contribution in [0.1, 0.15) is 34.6 Å². The van der Waals surface area contributed by atoms with E-state index in [0.717, 1.165) is 64.3 Å². The van der Waals surface area contributed by atoms with E-state index in [9.17, 15) is 4.21 Å². The Morgan fingerprint density at radius 1 is 1.03 bits per heavy atom. The zero-order valence-electron chi connectivity index (χ0n) is 18.0. The molecule has 0 fully saturated rings. The second kappa shape index (κ2) is 8.66. The lowest BCUT2D eigenvalue weighted by atomic mass is 10.1. The Kier molecular flexibility index (Phi) is 5.97. The van der Waals surface area contributed by atoms with E-state index in [-0.39, 0.29) is 0 Å². The van der Waals surface area contributed by atoms with Crippen molar-refractivity contribution < 1.29 is 4.21 Å². The van der Waals surface area contributed by atoms with Crippen LogP contribution in [-0.4, -0.2) is 27.3 Å². The predicted molar refractivity (Wildman–Crippen MR) is 122 cm³/mol. The van der Waals surface area contributed by atoms with Crippen LogP contribution in [0.4, 0.5) is 11.4 Å². The van der Waals surface area contributed by atoms with Crippen LogP contribution in [0, 0.1) is 27.7 Å². The van der Waals surface area contributed by atoms with Gasteiger partial charge in [0.1, 0.15) is 5.82 Å². The van der Waals surface area contributed by atoms with E-state index in [0.29, 0.717) is 0 Å². The molecule has 2 heterocycles. The Labute approximate surface area is 181 Å². The van der Waals surface area contributed by atoms with Crippen LogP contribution in [-0.2, 0) is 17.3 Å². The number of aromatic nitrogens is 2. The van der Waals surface area contributed by atoms with Crippen LogP contribution < -0.4 is 10.2 Å². The Bertz CT molecular complexity index is 1110. The van der Waals surface area contributed by atoms with Crippen molar-refractivity contribution in [1.29, 1.82) is 0 Å². The molecule has 4 rings (SSSR count). The molecule has 30 heavy (non-hydrogen) atoms. The fourth-order valence-electron chi connectivity index (χ4n) is 3.94. The standard InChI is InChI=1S/C24H28N4OS/c1-16-10-11-23-24(17(16)2)28(21-8-5-6-9-22(21)30(23)29)13-7-12-25-14-20-15-26-19(4)27-18(20)3/h5-6,8-11,15,25H,7,12-14H2,1-4H3. The Morgan fingerprint density at radius 2 is 1.83 bits per heavy atom. The summed E-state index contributed by atoms with van der Waals surface area (Å²) in [6.07, 6.45) is 2.88. The van der Waals surface area contributed by atoms with Crippen molar-refractivity contribution in [3.63, 3.8) is 0 Å². The molecule has 0 spiro atoms. The number of benzene rings is 2. The number of nitrogens with one attached hydrogen (secondary N) is 1. The first kappa shape index (κ1) is 20.7. The Hall–Kier alpha value is -2.57. The van der Waals surface area contributed by atoms with Crippen LogP contribution in [0.3, 0.4) is 0 Å². The van der Waals surface area contributed by atoms with Crippen LogP contribution in [0.25, 0.3) is 0 Å². The summed E-state index contributed by atoms with van der Waals surface area (Å²) in [6, 6.07) is 12.2. The maximum absolute atomic E-state index is 13.2. The third-order valence-electron chi connectivity index (χ3n) is 5.74. The average molecular weight is 421 g/mol. The number of anilines is 2. The molecule has 3 aromatic rings. The summed E-state index contributed by atoms with van der Waals surface area (Å²) in [4.78, 5) is 12.9. The molecule has 6 heteroatoms. The van der Waals surface area contributed by atoms with E-state index in [1.54, 1.807) is 0 Å². The lowest BCUT2D eigenvalue weighted by molar-refractivity contribution is 0.641. The molecule has 2 aromatic carbocycles. The van der Waals surface area contributed by atoms with Crippen LogP contribution >= 0.6 is 0 Å². The molecule has 0 amide bonds. The van der Waals surface area contributed by atoms with Gasteiger partial charge < -0.3 is 10.2 Å². The normalized spacial score (nSPS) is 15.1. The van der Waals surface area contributed by atoms with Crippen molar-refractivity contribution in [3.8, 4) is 0 Å². The molecule has 1 aromatic heterocycles. The maximum Gasteiger partial charge on any atom is 0.125 e. The second-order valence-corrected chi connectivity index (χ2v) is 9.22. The molecule has 156 valence electrons. The molecular weight excluding hydrogens is 392 g/mol. The van der Waals surface area contributed by atoms with Gasteiger partial charge in [-0.1, -0.05) is 18.2 Å². The first-order valence-corrected chi connectivity index (χ1v) is 11.5. The highest BCUT2D eigenvalue weighted by atomic mass is 32.2. The minimum absolute atomic E-state index is 0.765. The third kappa shape index (κ3) is 3.89. The van der Waals surface area contributed by atoms with Crippen LogP contribution in [0.2, 0.25) is 0 Å². The van der Waals surface area contributed by atoms with Gasteiger partial charge in [0.15, 0.2) is 0 Å². The zero-order chi connectivity index (χ0) is 21.3. The molecular formula is C24H28N4OS. The largest absolute Gasteiger partial charge is 0.339 e. The number of para-hydroxylation sites is 1. The highest BCUT2D eigenvalue weighted by Gasteiger charge is 2.29. The number of rotatable bonds is 6. The van der Waals surface area contributed by atoms with Crippen molar-refractivity contribution in [2.45, 2.75) is 50.5 Å². The van der Waals surface area contributed by atoms with Crippen LogP contribution in [0.15, 0.2) is 52.4 Å². The van der Waals surface area contributed by atoms with Crippen molar-refractivity contribution in [3.05, 3.63) is 70.8 Å². The highest BCUT2D eigenvalue weighted by molar-refractivity contribution is 7.85. The van der Waals surface area contributed by atoms with E-state index < -0.39 is 10.8 Å². The molecule has 5 nitrogen and oxygen atoms in total. The smallest absolute Gasteiger partial charge is 0.125 e. The quantitative estimate of drug-likeness (QED) is 0.595. The molecule has 1 atom stereocenters. The molecule has 1 aliphatic rings. The van der Waals surface area contributed by atoms with Gasteiger partial charge in [-0.05, 0) is 70.0 Å². The molecule has 0 saturated heterocycles. The average Bonchev–Trinajstić information content (AvgIpc) is 2.74. The summed E-state index contributed by atoms with van der Waals surface area (Å²) in [6.45, 7) is 10.7. The summed E-state index contributed by atoms with van der Waals surface area (Å²) in [5.41, 5.74) is 6.76. The van der Waals surface area contributed by atoms with E-state index in [1.165, 1.54) is 11.1 Å². The van der Waals surface area contributed by atoms with Gasteiger partial charge >= 0.3 is 0 Å². The molecule has 0 saturated carbocycles. The number of nitrogens with zero attached hydrogens (tertiary/aromatic N) is 3. The molecule has 0 aliphatic carbocycles. The van der Waals surface area contributed by atoms with Gasteiger partial charge in [0.05, 0.1) is 32.0 Å². The van der Waals surface area contributed by atoms with Gasteiger partial charge in [-0.25, -0.2) is 14.2 Å². The first-order chi connectivity index (χ1) is 14.5. The number of fused-ring (bicyclic) bond motifs is 2. The van der Waals surface area contributed by atoms with Gasteiger partial charge in [-0.15, -0.1) is 0 Å². The predicted octanol–water partition coefficient (Wildman–Crippen LogP) is 4.51. The topological polar surface area (TPSA) is 58.1 Å². The number of aryl methyl sites for hydroxylation is 3. The minimum atomic E-state index is -1.14. The fourth-order valence-corrected chi connectivity index (χ4v) is 5.37. The van der Waals surface area contributed by atoms with Crippen molar-refractivity contribution in [2.75, 3.05) is 18.0 Å². The molecule has 0 radical (unpaired) electrons. The Morgan fingerprint density at radius 3 is 2.63 bits per heavy atom.